The van der Waals surface area contributed by atoms with Crippen LogP contribution in [0.5, 0.6) is 0 Å². The predicted molar refractivity (Wildman–Crippen MR) is 78.1 cm³/mol. The molecule has 0 unspecified atom stereocenters. The minimum absolute atomic E-state index is 0.121. The largest absolute Gasteiger partial charge is 0.399 e. The normalized spacial score (nSPS) is 16.6. The summed E-state index contributed by atoms with van der Waals surface area (Å²) < 4.78 is 0. The van der Waals surface area contributed by atoms with E-state index in [0.717, 1.165) is 38.3 Å². The van der Waals surface area contributed by atoms with E-state index in [9.17, 15) is 4.79 Å². The molecule has 0 saturated carbocycles. The highest BCUT2D eigenvalue weighted by molar-refractivity contribution is 5.94. The molecular weight excluding hydrogens is 238 g/mol. The van der Waals surface area contributed by atoms with E-state index in [4.69, 9.17) is 5.73 Å². The lowest BCUT2D eigenvalue weighted by Gasteiger charge is -2.34. The summed E-state index contributed by atoms with van der Waals surface area (Å²) in [6, 6.07) is 7.18. The van der Waals surface area contributed by atoms with Gasteiger partial charge in [0.15, 0.2) is 0 Å². The summed E-state index contributed by atoms with van der Waals surface area (Å²) in [5.74, 6) is 0.121. The molecule has 4 nitrogen and oxygen atoms in total. The van der Waals surface area contributed by atoms with Crippen LogP contribution in [-0.4, -0.2) is 48.4 Å². The van der Waals surface area contributed by atoms with Crippen LogP contribution in [0.25, 0.3) is 0 Å². The number of unbranched alkanes of at least 4 members (excludes halogenated alkanes) is 1. The number of rotatable bonds is 4. The smallest absolute Gasteiger partial charge is 0.253 e. The molecule has 0 aliphatic carbocycles. The standard InChI is InChI=1S/C15H23N3O/c1-2-3-8-17-9-11-18(12-10-17)15(19)13-4-6-14(16)7-5-13/h4-7H,2-3,8-12,16H2,1H3. The van der Waals surface area contributed by atoms with Gasteiger partial charge in [-0.2, -0.15) is 0 Å². The first-order chi connectivity index (χ1) is 9.20. The van der Waals surface area contributed by atoms with Crippen molar-refractivity contribution in [1.29, 1.82) is 0 Å². The number of benzene rings is 1. The Bertz CT molecular complexity index is 408. The summed E-state index contributed by atoms with van der Waals surface area (Å²) in [5, 5.41) is 0. The molecule has 0 atom stereocenters. The second kappa shape index (κ2) is 6.57. The Morgan fingerprint density at radius 3 is 2.37 bits per heavy atom. The molecule has 1 aromatic rings. The van der Waals surface area contributed by atoms with Gasteiger partial charge in [-0.1, -0.05) is 13.3 Å². The predicted octanol–water partition coefficient (Wildman–Crippen LogP) is 1.83. The van der Waals surface area contributed by atoms with Crippen LogP contribution in [0.4, 0.5) is 5.69 Å². The van der Waals surface area contributed by atoms with E-state index in [1.54, 1.807) is 24.3 Å². The third kappa shape index (κ3) is 3.70. The first-order valence-electron chi connectivity index (χ1n) is 7.08. The van der Waals surface area contributed by atoms with Crippen LogP contribution < -0.4 is 5.73 Å². The highest BCUT2D eigenvalue weighted by Gasteiger charge is 2.21. The Labute approximate surface area is 115 Å². The van der Waals surface area contributed by atoms with E-state index < -0.39 is 0 Å². The molecule has 0 radical (unpaired) electrons. The molecule has 1 aliphatic heterocycles. The molecule has 0 aromatic heterocycles. The molecule has 1 fully saturated rings. The molecule has 1 heterocycles. The van der Waals surface area contributed by atoms with Crippen molar-refractivity contribution in [3.63, 3.8) is 0 Å². The average Bonchev–Trinajstić information content (AvgIpc) is 2.46. The molecule has 4 heteroatoms. The van der Waals surface area contributed by atoms with Crippen molar-refractivity contribution in [3.05, 3.63) is 29.8 Å². The summed E-state index contributed by atoms with van der Waals surface area (Å²) in [7, 11) is 0. The maximum absolute atomic E-state index is 12.3. The van der Waals surface area contributed by atoms with Gasteiger partial charge in [0.25, 0.3) is 5.91 Å². The molecule has 0 spiro atoms. The van der Waals surface area contributed by atoms with Gasteiger partial charge in [0.05, 0.1) is 0 Å². The van der Waals surface area contributed by atoms with Gasteiger partial charge < -0.3 is 10.6 Å². The number of nitrogens with two attached hydrogens (primary N) is 1. The van der Waals surface area contributed by atoms with E-state index >= 15 is 0 Å². The number of piperazine rings is 1. The van der Waals surface area contributed by atoms with Crippen molar-refractivity contribution >= 4 is 11.6 Å². The molecule has 0 bridgehead atoms. The zero-order valence-electron chi connectivity index (χ0n) is 11.6. The fourth-order valence-corrected chi connectivity index (χ4v) is 2.36. The highest BCUT2D eigenvalue weighted by Crippen LogP contribution is 2.11. The summed E-state index contributed by atoms with van der Waals surface area (Å²) >= 11 is 0. The third-order valence-corrected chi connectivity index (χ3v) is 3.65. The van der Waals surface area contributed by atoms with Crippen LogP contribution >= 0.6 is 0 Å². The minimum atomic E-state index is 0.121. The van der Waals surface area contributed by atoms with E-state index in [-0.39, 0.29) is 5.91 Å². The lowest BCUT2D eigenvalue weighted by Crippen LogP contribution is -2.48. The lowest BCUT2D eigenvalue weighted by atomic mass is 10.1. The Hall–Kier alpha value is -1.55. The molecule has 1 aliphatic rings. The fraction of sp³-hybridized carbons (Fsp3) is 0.533. The highest BCUT2D eigenvalue weighted by atomic mass is 16.2. The summed E-state index contributed by atoms with van der Waals surface area (Å²) in [6.07, 6.45) is 2.47. The molecule has 2 rings (SSSR count). The van der Waals surface area contributed by atoms with E-state index in [0.29, 0.717) is 5.69 Å². The van der Waals surface area contributed by atoms with E-state index in [1.165, 1.54) is 12.8 Å². The van der Waals surface area contributed by atoms with Crippen LogP contribution in [0.3, 0.4) is 0 Å². The van der Waals surface area contributed by atoms with Crippen LogP contribution in [0.15, 0.2) is 24.3 Å². The van der Waals surface area contributed by atoms with Gasteiger partial charge in [-0.15, -0.1) is 0 Å². The first-order valence-corrected chi connectivity index (χ1v) is 7.08. The third-order valence-electron chi connectivity index (χ3n) is 3.65. The number of hydrogen-bond donors (Lipinski definition) is 1. The SMILES string of the molecule is CCCCN1CCN(C(=O)c2ccc(N)cc2)CC1. The van der Waals surface area contributed by atoms with Gasteiger partial charge >= 0.3 is 0 Å². The van der Waals surface area contributed by atoms with Crippen LogP contribution in [0.2, 0.25) is 0 Å². The van der Waals surface area contributed by atoms with Gasteiger partial charge in [0.1, 0.15) is 0 Å². The zero-order chi connectivity index (χ0) is 13.7. The molecule has 104 valence electrons. The molecular formula is C15H23N3O. The molecule has 1 saturated heterocycles. The topological polar surface area (TPSA) is 49.6 Å². The summed E-state index contributed by atoms with van der Waals surface area (Å²) in [4.78, 5) is 16.7. The number of carbonyl (C=O) groups is 1. The number of nitrogen functional groups attached to an aromatic ring is 1. The zero-order valence-corrected chi connectivity index (χ0v) is 11.6. The first kappa shape index (κ1) is 13.9. The maximum Gasteiger partial charge on any atom is 0.253 e. The number of carbonyl (C=O) groups excluding carboxylic acids is 1. The van der Waals surface area contributed by atoms with Crippen molar-refractivity contribution in [1.82, 2.24) is 9.80 Å². The van der Waals surface area contributed by atoms with Crippen LogP contribution in [-0.2, 0) is 0 Å². The monoisotopic (exact) mass is 261 g/mol. The Morgan fingerprint density at radius 2 is 1.79 bits per heavy atom. The number of anilines is 1. The lowest BCUT2D eigenvalue weighted by molar-refractivity contribution is 0.0636. The van der Waals surface area contributed by atoms with Crippen molar-refractivity contribution in [2.24, 2.45) is 0 Å². The van der Waals surface area contributed by atoms with Gasteiger partial charge in [0.2, 0.25) is 0 Å². The van der Waals surface area contributed by atoms with Crippen LogP contribution in [0, 0.1) is 0 Å². The fourth-order valence-electron chi connectivity index (χ4n) is 2.36. The Balaban J connectivity index is 1.87. The molecule has 19 heavy (non-hydrogen) atoms. The number of hydrogen-bond acceptors (Lipinski definition) is 3. The number of nitrogens with zero attached hydrogens (tertiary/aromatic N) is 2. The van der Waals surface area contributed by atoms with Crippen molar-refractivity contribution in [2.75, 3.05) is 38.5 Å². The number of amides is 1. The summed E-state index contributed by atoms with van der Waals surface area (Å²) in [6.45, 7) is 6.99. The van der Waals surface area contributed by atoms with Gasteiger partial charge in [-0.05, 0) is 37.2 Å². The van der Waals surface area contributed by atoms with Gasteiger partial charge in [-0.3, -0.25) is 9.69 Å². The van der Waals surface area contributed by atoms with E-state index in [1.807, 2.05) is 4.90 Å². The van der Waals surface area contributed by atoms with Crippen molar-refractivity contribution in [2.45, 2.75) is 19.8 Å². The van der Waals surface area contributed by atoms with Gasteiger partial charge in [-0.25, -0.2) is 0 Å². The maximum atomic E-state index is 12.3. The second-order valence-electron chi connectivity index (χ2n) is 5.11. The molecule has 1 aromatic carbocycles. The van der Waals surface area contributed by atoms with Gasteiger partial charge in [0, 0.05) is 37.4 Å². The Kier molecular flexibility index (Phi) is 4.80. The second-order valence-corrected chi connectivity index (χ2v) is 5.11. The van der Waals surface area contributed by atoms with Crippen molar-refractivity contribution < 1.29 is 4.79 Å². The Morgan fingerprint density at radius 1 is 1.16 bits per heavy atom. The molecule has 1 amide bonds. The minimum Gasteiger partial charge on any atom is -0.399 e. The average molecular weight is 261 g/mol. The van der Waals surface area contributed by atoms with Crippen molar-refractivity contribution in [3.8, 4) is 0 Å². The van der Waals surface area contributed by atoms with E-state index in [2.05, 4.69) is 11.8 Å². The molecule has 2 N–H and O–H groups in total. The van der Waals surface area contributed by atoms with Crippen LogP contribution in [0.1, 0.15) is 30.1 Å². The quantitative estimate of drug-likeness (QED) is 0.841. The summed E-state index contributed by atoms with van der Waals surface area (Å²) in [5.41, 5.74) is 7.07.